The zero-order chi connectivity index (χ0) is 12.1. The van der Waals surface area contributed by atoms with Crippen LogP contribution in [0.4, 0.5) is 0 Å². The number of carbonyl (C=O) groups excluding carboxylic acids is 1. The van der Waals surface area contributed by atoms with Gasteiger partial charge in [-0.2, -0.15) is 5.10 Å². The Morgan fingerprint density at radius 2 is 2.41 bits per heavy atom. The van der Waals surface area contributed by atoms with Gasteiger partial charge in [0.15, 0.2) is 0 Å². The first kappa shape index (κ1) is 12.0. The summed E-state index contributed by atoms with van der Waals surface area (Å²) >= 11 is 0. The van der Waals surface area contributed by atoms with E-state index in [4.69, 9.17) is 5.73 Å². The van der Waals surface area contributed by atoms with Crippen LogP contribution in [0.2, 0.25) is 0 Å². The van der Waals surface area contributed by atoms with E-state index in [2.05, 4.69) is 15.4 Å². The van der Waals surface area contributed by atoms with Gasteiger partial charge < -0.3 is 11.1 Å². The van der Waals surface area contributed by atoms with Gasteiger partial charge in [-0.25, -0.2) is 4.98 Å². The summed E-state index contributed by atoms with van der Waals surface area (Å²) in [5, 5.41) is 7.01. The molecule has 6 heteroatoms. The molecule has 1 aliphatic rings. The lowest BCUT2D eigenvalue weighted by atomic mass is 10.2. The summed E-state index contributed by atoms with van der Waals surface area (Å²) in [5.41, 5.74) is 5.80. The second-order valence-corrected chi connectivity index (χ2v) is 4.60. The van der Waals surface area contributed by atoms with Gasteiger partial charge in [-0.3, -0.25) is 9.48 Å². The number of amides is 1. The fraction of sp³-hybridized carbons (Fsp3) is 0.727. The van der Waals surface area contributed by atoms with Crippen molar-refractivity contribution < 1.29 is 4.79 Å². The molecular formula is C11H19N5O. The summed E-state index contributed by atoms with van der Waals surface area (Å²) in [4.78, 5) is 15.5. The van der Waals surface area contributed by atoms with Gasteiger partial charge in [-0.1, -0.05) is 0 Å². The van der Waals surface area contributed by atoms with Crippen LogP contribution in [0.5, 0.6) is 0 Å². The molecule has 1 aliphatic carbocycles. The molecule has 0 spiro atoms. The van der Waals surface area contributed by atoms with Crippen molar-refractivity contribution in [1.82, 2.24) is 20.1 Å². The van der Waals surface area contributed by atoms with Crippen molar-refractivity contribution in [2.75, 3.05) is 0 Å². The van der Waals surface area contributed by atoms with Crippen LogP contribution in [0.15, 0.2) is 12.7 Å². The van der Waals surface area contributed by atoms with Gasteiger partial charge in [-0.15, -0.1) is 0 Å². The van der Waals surface area contributed by atoms with Crippen molar-refractivity contribution in [2.24, 2.45) is 5.73 Å². The van der Waals surface area contributed by atoms with Crippen molar-refractivity contribution in [3.8, 4) is 0 Å². The lowest BCUT2D eigenvalue weighted by Crippen LogP contribution is -2.34. The molecular weight excluding hydrogens is 218 g/mol. The summed E-state index contributed by atoms with van der Waals surface area (Å²) in [6, 6.07) is 0.541. The van der Waals surface area contributed by atoms with Gasteiger partial charge in [0.1, 0.15) is 12.7 Å². The maximum absolute atomic E-state index is 11.6. The summed E-state index contributed by atoms with van der Waals surface area (Å²) in [7, 11) is 0. The van der Waals surface area contributed by atoms with Gasteiger partial charge in [0.25, 0.3) is 0 Å². The molecule has 6 nitrogen and oxygen atoms in total. The molecule has 2 rings (SSSR count). The number of hydrogen-bond donors (Lipinski definition) is 2. The van der Waals surface area contributed by atoms with E-state index in [0.717, 1.165) is 32.2 Å². The Labute approximate surface area is 101 Å². The Balaban J connectivity index is 1.61. The predicted octanol–water partition coefficient (Wildman–Crippen LogP) is 0.0543. The van der Waals surface area contributed by atoms with Gasteiger partial charge in [-0.05, 0) is 25.7 Å². The molecule has 0 saturated heterocycles. The number of carbonyl (C=O) groups is 1. The molecule has 1 fully saturated rings. The molecule has 1 saturated carbocycles. The van der Waals surface area contributed by atoms with E-state index in [1.54, 1.807) is 11.0 Å². The zero-order valence-electron chi connectivity index (χ0n) is 9.88. The van der Waals surface area contributed by atoms with E-state index in [9.17, 15) is 4.79 Å². The van der Waals surface area contributed by atoms with Crippen LogP contribution in [0, 0.1) is 0 Å². The Bertz CT molecular complexity index is 351. The van der Waals surface area contributed by atoms with Crippen molar-refractivity contribution in [3.63, 3.8) is 0 Å². The second-order valence-electron chi connectivity index (χ2n) is 4.60. The average Bonchev–Trinajstić information content (AvgIpc) is 2.90. The summed E-state index contributed by atoms with van der Waals surface area (Å²) < 4.78 is 1.73. The molecule has 1 heterocycles. The zero-order valence-corrected chi connectivity index (χ0v) is 9.88. The number of nitrogens with two attached hydrogens (primary N) is 1. The highest BCUT2D eigenvalue weighted by molar-refractivity contribution is 5.76. The molecule has 1 aromatic heterocycles. The Hall–Kier alpha value is -1.43. The van der Waals surface area contributed by atoms with E-state index < -0.39 is 0 Å². The van der Waals surface area contributed by atoms with Gasteiger partial charge in [0, 0.05) is 25.0 Å². The molecule has 0 unspecified atom stereocenters. The minimum Gasteiger partial charge on any atom is -0.353 e. The number of hydrogen-bond acceptors (Lipinski definition) is 4. The SMILES string of the molecule is N[C@H]1CC[C@H](NC(=O)CCCn2cncn2)C1. The Kier molecular flexibility index (Phi) is 4.08. The number of rotatable bonds is 5. The third-order valence-corrected chi connectivity index (χ3v) is 3.10. The minimum atomic E-state index is 0.115. The van der Waals surface area contributed by atoms with Crippen LogP contribution in [-0.4, -0.2) is 32.8 Å². The van der Waals surface area contributed by atoms with E-state index >= 15 is 0 Å². The van der Waals surface area contributed by atoms with Crippen LogP contribution >= 0.6 is 0 Å². The van der Waals surface area contributed by atoms with Crippen LogP contribution in [-0.2, 0) is 11.3 Å². The minimum absolute atomic E-state index is 0.115. The van der Waals surface area contributed by atoms with Crippen molar-refractivity contribution in [3.05, 3.63) is 12.7 Å². The summed E-state index contributed by atoms with van der Waals surface area (Å²) in [6.45, 7) is 0.734. The van der Waals surface area contributed by atoms with Gasteiger partial charge in [0.05, 0.1) is 0 Å². The van der Waals surface area contributed by atoms with Crippen LogP contribution in [0.25, 0.3) is 0 Å². The normalized spacial score (nSPS) is 23.8. The Morgan fingerprint density at radius 1 is 1.53 bits per heavy atom. The molecule has 0 bridgehead atoms. The van der Waals surface area contributed by atoms with Crippen molar-refractivity contribution >= 4 is 5.91 Å². The van der Waals surface area contributed by atoms with Gasteiger partial charge >= 0.3 is 0 Å². The molecule has 94 valence electrons. The first-order valence-corrected chi connectivity index (χ1v) is 6.11. The fourth-order valence-corrected chi connectivity index (χ4v) is 2.20. The average molecular weight is 237 g/mol. The Morgan fingerprint density at radius 3 is 3.06 bits per heavy atom. The number of aromatic nitrogens is 3. The molecule has 0 aromatic carbocycles. The molecule has 17 heavy (non-hydrogen) atoms. The molecule has 0 radical (unpaired) electrons. The topological polar surface area (TPSA) is 85.8 Å². The molecule has 1 amide bonds. The third kappa shape index (κ3) is 3.81. The maximum Gasteiger partial charge on any atom is 0.220 e. The molecule has 0 aliphatic heterocycles. The maximum atomic E-state index is 11.6. The standard InChI is InChI=1S/C11H19N5O/c12-9-3-4-10(6-9)15-11(17)2-1-5-16-8-13-7-14-16/h7-10H,1-6,12H2,(H,15,17)/t9-,10-/m0/s1. The summed E-state index contributed by atoms with van der Waals surface area (Å²) in [5.74, 6) is 0.115. The highest BCUT2D eigenvalue weighted by Crippen LogP contribution is 2.17. The van der Waals surface area contributed by atoms with E-state index in [1.165, 1.54) is 6.33 Å². The first-order chi connectivity index (χ1) is 8.24. The highest BCUT2D eigenvalue weighted by Gasteiger charge is 2.22. The number of nitrogens with one attached hydrogen (secondary N) is 1. The van der Waals surface area contributed by atoms with Crippen molar-refractivity contribution in [2.45, 2.75) is 50.7 Å². The monoisotopic (exact) mass is 237 g/mol. The van der Waals surface area contributed by atoms with E-state index in [1.807, 2.05) is 0 Å². The largest absolute Gasteiger partial charge is 0.353 e. The van der Waals surface area contributed by atoms with Crippen LogP contribution < -0.4 is 11.1 Å². The van der Waals surface area contributed by atoms with E-state index in [0.29, 0.717) is 6.42 Å². The third-order valence-electron chi connectivity index (χ3n) is 3.10. The van der Waals surface area contributed by atoms with Crippen LogP contribution in [0.1, 0.15) is 32.1 Å². The second kappa shape index (κ2) is 5.77. The van der Waals surface area contributed by atoms with E-state index in [-0.39, 0.29) is 18.0 Å². The lowest BCUT2D eigenvalue weighted by Gasteiger charge is -2.12. The molecule has 3 N–H and O–H groups in total. The summed E-state index contributed by atoms with van der Waals surface area (Å²) in [6.07, 6.45) is 7.42. The molecule has 2 atom stereocenters. The number of nitrogens with zero attached hydrogens (tertiary/aromatic N) is 3. The smallest absolute Gasteiger partial charge is 0.220 e. The predicted molar refractivity (Wildman–Crippen MR) is 63.0 cm³/mol. The van der Waals surface area contributed by atoms with Gasteiger partial charge in [0.2, 0.25) is 5.91 Å². The number of aryl methyl sites for hydroxylation is 1. The lowest BCUT2D eigenvalue weighted by molar-refractivity contribution is -0.121. The van der Waals surface area contributed by atoms with Crippen molar-refractivity contribution in [1.29, 1.82) is 0 Å². The quantitative estimate of drug-likeness (QED) is 0.758. The fourth-order valence-electron chi connectivity index (χ4n) is 2.20. The highest BCUT2D eigenvalue weighted by atomic mass is 16.1. The first-order valence-electron chi connectivity index (χ1n) is 6.11. The molecule has 1 aromatic rings. The van der Waals surface area contributed by atoms with Crippen LogP contribution in [0.3, 0.4) is 0 Å².